The van der Waals surface area contributed by atoms with Crippen LogP contribution in [0.15, 0.2) is 188 Å². The van der Waals surface area contributed by atoms with E-state index in [1.165, 1.54) is 63.6 Å². The molecule has 0 atom stereocenters. The molecule has 0 aliphatic rings. The number of fused-ring (bicyclic) bond motifs is 9. The van der Waals surface area contributed by atoms with Gasteiger partial charge >= 0.3 is 0 Å². The Hall–Kier alpha value is -7.01. The molecule has 11 aromatic rings. The van der Waals surface area contributed by atoms with Gasteiger partial charge in [-0.25, -0.2) is 15.0 Å². The summed E-state index contributed by atoms with van der Waals surface area (Å²) >= 11 is 1.84. The van der Waals surface area contributed by atoms with Gasteiger partial charge in [-0.2, -0.15) is 0 Å². The molecule has 0 aliphatic heterocycles. The van der Waals surface area contributed by atoms with Crippen LogP contribution in [0.2, 0.25) is 0 Å². The van der Waals surface area contributed by atoms with E-state index in [1.807, 2.05) is 17.4 Å². The lowest BCUT2D eigenvalue weighted by molar-refractivity contribution is 1.07. The highest BCUT2D eigenvalue weighted by molar-refractivity contribution is 7.25. The van der Waals surface area contributed by atoms with Crippen LogP contribution in [-0.2, 0) is 0 Å². The molecular weight excluding hydrogens is 687 g/mol. The molecule has 0 fully saturated rings. The second kappa shape index (κ2) is 12.8. The van der Waals surface area contributed by atoms with Crippen LogP contribution in [0.1, 0.15) is 0 Å². The Morgan fingerprint density at radius 1 is 0.273 bits per heavy atom. The molecule has 0 N–H and O–H groups in total. The molecule has 0 radical (unpaired) electrons. The van der Waals surface area contributed by atoms with E-state index in [2.05, 4.69) is 182 Å². The first-order chi connectivity index (χ1) is 27.2. The molecule has 55 heavy (non-hydrogen) atoms. The van der Waals surface area contributed by atoms with Gasteiger partial charge in [0, 0.05) is 36.9 Å². The molecule has 256 valence electrons. The second-order valence-electron chi connectivity index (χ2n) is 14.0. The molecule has 0 aliphatic carbocycles. The first kappa shape index (κ1) is 31.5. The monoisotopic (exact) mass is 717 g/mol. The molecule has 11 rings (SSSR count). The fourth-order valence-corrected chi connectivity index (χ4v) is 9.23. The summed E-state index contributed by atoms with van der Waals surface area (Å²) < 4.78 is 2.58. The summed E-state index contributed by atoms with van der Waals surface area (Å²) in [5.41, 5.74) is 7.49. The Balaban J connectivity index is 1.10. The lowest BCUT2D eigenvalue weighted by Gasteiger charge is -2.13. The van der Waals surface area contributed by atoms with Crippen molar-refractivity contribution in [2.75, 3.05) is 0 Å². The van der Waals surface area contributed by atoms with Gasteiger partial charge in [0.2, 0.25) is 0 Å². The van der Waals surface area contributed by atoms with Crippen molar-refractivity contribution in [3.63, 3.8) is 0 Å². The largest absolute Gasteiger partial charge is 0.208 e. The van der Waals surface area contributed by atoms with Crippen molar-refractivity contribution >= 4 is 63.8 Å². The summed E-state index contributed by atoms with van der Waals surface area (Å²) in [7, 11) is 0. The van der Waals surface area contributed by atoms with E-state index in [0.717, 1.165) is 27.8 Å². The summed E-state index contributed by atoms with van der Waals surface area (Å²) in [6.07, 6.45) is 0. The van der Waals surface area contributed by atoms with E-state index in [9.17, 15) is 0 Å². The van der Waals surface area contributed by atoms with Gasteiger partial charge in [0.05, 0.1) is 0 Å². The Morgan fingerprint density at radius 3 is 1.44 bits per heavy atom. The highest BCUT2D eigenvalue weighted by atomic mass is 32.1. The minimum absolute atomic E-state index is 0.638. The van der Waals surface area contributed by atoms with E-state index in [4.69, 9.17) is 15.0 Å². The van der Waals surface area contributed by atoms with Crippen molar-refractivity contribution in [1.82, 2.24) is 15.0 Å². The van der Waals surface area contributed by atoms with Gasteiger partial charge in [-0.05, 0) is 78.8 Å². The minimum atomic E-state index is 0.638. The molecule has 2 heterocycles. The topological polar surface area (TPSA) is 38.7 Å². The quantitative estimate of drug-likeness (QED) is 0.166. The van der Waals surface area contributed by atoms with Crippen LogP contribution in [0.3, 0.4) is 0 Å². The lowest BCUT2D eigenvalue weighted by Crippen LogP contribution is -2.00. The van der Waals surface area contributed by atoms with Gasteiger partial charge in [-0.1, -0.05) is 164 Å². The number of rotatable bonds is 5. The molecule has 2 aromatic heterocycles. The number of hydrogen-bond donors (Lipinski definition) is 0. The van der Waals surface area contributed by atoms with Crippen LogP contribution in [0.4, 0.5) is 0 Å². The predicted octanol–water partition coefficient (Wildman–Crippen LogP) is 14.0. The molecule has 3 nitrogen and oxygen atoms in total. The Morgan fingerprint density at radius 2 is 0.727 bits per heavy atom. The van der Waals surface area contributed by atoms with E-state index >= 15 is 0 Å². The molecule has 0 amide bonds. The Kier molecular flexibility index (Phi) is 7.35. The summed E-state index contributed by atoms with van der Waals surface area (Å²) in [6.45, 7) is 0. The summed E-state index contributed by atoms with van der Waals surface area (Å²) in [4.78, 5) is 15.6. The first-order valence-corrected chi connectivity index (χ1v) is 19.3. The van der Waals surface area contributed by atoms with Gasteiger partial charge in [0.1, 0.15) is 0 Å². The maximum absolute atomic E-state index is 5.23. The summed E-state index contributed by atoms with van der Waals surface area (Å²) in [5, 5.41) is 9.91. The normalized spacial score (nSPS) is 11.6. The molecular formula is C51H31N3S. The maximum Gasteiger partial charge on any atom is 0.164 e. The highest BCUT2D eigenvalue weighted by Gasteiger charge is 2.17. The zero-order valence-electron chi connectivity index (χ0n) is 29.6. The van der Waals surface area contributed by atoms with Crippen molar-refractivity contribution in [3.05, 3.63) is 188 Å². The third kappa shape index (κ3) is 5.38. The SMILES string of the molecule is c1ccc(-c2ccc(-c3nc(-c4cccc(-c5cccc6sc7ccccc7c56)c4)nc(-c4ccc5c6ccccc6c6ccccc6c5c4)n3)cc2)cc1. The van der Waals surface area contributed by atoms with E-state index in [1.54, 1.807) is 0 Å². The zero-order chi connectivity index (χ0) is 36.3. The van der Waals surface area contributed by atoms with Crippen LogP contribution in [0, 0.1) is 0 Å². The molecule has 4 heteroatoms. The first-order valence-electron chi connectivity index (χ1n) is 18.5. The lowest BCUT2D eigenvalue weighted by atomic mass is 9.93. The fourth-order valence-electron chi connectivity index (χ4n) is 8.09. The van der Waals surface area contributed by atoms with Gasteiger partial charge in [0.25, 0.3) is 0 Å². The van der Waals surface area contributed by atoms with Crippen LogP contribution in [0.25, 0.3) is 109 Å². The van der Waals surface area contributed by atoms with Gasteiger partial charge in [-0.15, -0.1) is 11.3 Å². The molecule has 0 spiro atoms. The fraction of sp³-hybridized carbons (Fsp3) is 0. The van der Waals surface area contributed by atoms with Gasteiger partial charge in [0.15, 0.2) is 17.5 Å². The number of nitrogens with zero attached hydrogens (tertiary/aromatic N) is 3. The Bertz CT molecular complexity index is 3220. The predicted molar refractivity (Wildman–Crippen MR) is 232 cm³/mol. The van der Waals surface area contributed by atoms with Crippen molar-refractivity contribution in [1.29, 1.82) is 0 Å². The van der Waals surface area contributed by atoms with Crippen molar-refractivity contribution < 1.29 is 0 Å². The van der Waals surface area contributed by atoms with Gasteiger partial charge < -0.3 is 0 Å². The Labute approximate surface area is 321 Å². The molecule has 0 saturated heterocycles. The molecule has 9 aromatic carbocycles. The highest BCUT2D eigenvalue weighted by Crippen LogP contribution is 2.41. The van der Waals surface area contributed by atoms with Crippen LogP contribution in [-0.4, -0.2) is 15.0 Å². The number of aromatic nitrogens is 3. The number of thiophene rings is 1. The van der Waals surface area contributed by atoms with Crippen molar-refractivity contribution in [2.24, 2.45) is 0 Å². The van der Waals surface area contributed by atoms with Gasteiger partial charge in [-0.3, -0.25) is 0 Å². The second-order valence-corrected chi connectivity index (χ2v) is 15.0. The van der Waals surface area contributed by atoms with Crippen LogP contribution >= 0.6 is 11.3 Å². The minimum Gasteiger partial charge on any atom is -0.208 e. The standard InChI is InChI=1S/C51H31N3S/c1-2-12-32(13-3-1)33-24-26-34(27-25-33)49-52-50(36-15-10-14-35(30-36)38-21-11-23-47-48(38)44-20-8-9-22-46(44)55-47)54-51(53-49)37-28-29-43-41-18-5-4-16-39(41)40-17-6-7-19-42(40)45(43)31-37/h1-31H. The number of hydrogen-bond acceptors (Lipinski definition) is 4. The third-order valence-electron chi connectivity index (χ3n) is 10.7. The van der Waals surface area contributed by atoms with Crippen LogP contribution < -0.4 is 0 Å². The molecule has 0 bridgehead atoms. The smallest absolute Gasteiger partial charge is 0.164 e. The van der Waals surface area contributed by atoms with E-state index in [-0.39, 0.29) is 0 Å². The molecule has 0 unspecified atom stereocenters. The van der Waals surface area contributed by atoms with E-state index in [0.29, 0.717) is 17.5 Å². The third-order valence-corrected chi connectivity index (χ3v) is 11.9. The van der Waals surface area contributed by atoms with E-state index < -0.39 is 0 Å². The summed E-state index contributed by atoms with van der Waals surface area (Å²) in [5.74, 6) is 1.92. The zero-order valence-corrected chi connectivity index (χ0v) is 30.5. The summed E-state index contributed by atoms with van der Waals surface area (Å²) in [6, 6.07) is 66.9. The van der Waals surface area contributed by atoms with Crippen molar-refractivity contribution in [3.8, 4) is 56.4 Å². The number of benzene rings is 9. The average molecular weight is 718 g/mol. The molecule has 0 saturated carbocycles. The average Bonchev–Trinajstić information content (AvgIpc) is 3.66. The van der Waals surface area contributed by atoms with Crippen LogP contribution in [0.5, 0.6) is 0 Å². The van der Waals surface area contributed by atoms with Crippen molar-refractivity contribution in [2.45, 2.75) is 0 Å². The maximum atomic E-state index is 5.23.